The summed E-state index contributed by atoms with van der Waals surface area (Å²) in [6, 6.07) is 10.6. The Kier molecular flexibility index (Phi) is 5.61. The lowest BCUT2D eigenvalue weighted by molar-refractivity contribution is -0.137. The van der Waals surface area contributed by atoms with E-state index in [9.17, 15) is 33.0 Å². The van der Waals surface area contributed by atoms with Crippen LogP contribution in [-0.2, 0) is 19.5 Å². The van der Waals surface area contributed by atoms with Gasteiger partial charge in [-0.3, -0.25) is 19.3 Å². The van der Waals surface area contributed by atoms with Crippen molar-refractivity contribution in [3.63, 3.8) is 0 Å². The average Bonchev–Trinajstić information content (AvgIpc) is 2.88. The standard InChI is InChI=1S/C24H16F3N5O4/c25-24(26,27)14-2-1-3-16(8-14)32-21-17(22(35)31(12-34)23(32)36)10-29-19-7-6-18(30-20(19)21)13-4-5-15(11-33)28-9-13/h1-10,33-34H,11-12H2. The Morgan fingerprint density at radius 3 is 2.42 bits per heavy atom. The Bertz CT molecular complexity index is 1740. The minimum Gasteiger partial charge on any atom is -0.390 e. The summed E-state index contributed by atoms with van der Waals surface area (Å²) in [7, 11) is 0. The van der Waals surface area contributed by atoms with Crippen LogP contribution in [-0.4, -0.2) is 34.3 Å². The molecule has 0 radical (unpaired) electrons. The number of rotatable bonds is 4. The first kappa shape index (κ1) is 23.3. The molecule has 12 heteroatoms. The van der Waals surface area contributed by atoms with Gasteiger partial charge in [0.15, 0.2) is 0 Å². The lowest BCUT2D eigenvalue weighted by Crippen LogP contribution is -2.39. The van der Waals surface area contributed by atoms with Gasteiger partial charge < -0.3 is 10.2 Å². The van der Waals surface area contributed by atoms with Crippen LogP contribution in [0, 0.1) is 0 Å². The van der Waals surface area contributed by atoms with E-state index in [2.05, 4.69) is 15.0 Å². The van der Waals surface area contributed by atoms with E-state index in [-0.39, 0.29) is 34.2 Å². The number of aliphatic hydroxyl groups is 2. The molecule has 0 unspecified atom stereocenters. The predicted molar refractivity (Wildman–Crippen MR) is 123 cm³/mol. The van der Waals surface area contributed by atoms with E-state index in [1.54, 1.807) is 24.3 Å². The topological polar surface area (TPSA) is 123 Å². The monoisotopic (exact) mass is 495 g/mol. The molecule has 0 amide bonds. The molecule has 0 fully saturated rings. The molecule has 4 aromatic heterocycles. The van der Waals surface area contributed by atoms with E-state index in [4.69, 9.17) is 0 Å². The van der Waals surface area contributed by atoms with Crippen LogP contribution >= 0.6 is 0 Å². The Morgan fingerprint density at radius 2 is 1.75 bits per heavy atom. The minimum atomic E-state index is -4.68. The van der Waals surface area contributed by atoms with E-state index >= 15 is 0 Å². The molecule has 9 nitrogen and oxygen atoms in total. The highest BCUT2D eigenvalue weighted by Gasteiger charge is 2.31. The van der Waals surface area contributed by atoms with Crippen molar-refractivity contribution in [2.75, 3.05) is 0 Å². The molecule has 4 heterocycles. The number of pyridine rings is 3. The second-order valence-corrected chi connectivity index (χ2v) is 7.82. The molecule has 0 aliphatic heterocycles. The maximum atomic E-state index is 13.4. The summed E-state index contributed by atoms with van der Waals surface area (Å²) in [4.78, 5) is 39.1. The minimum absolute atomic E-state index is 0.0548. The Hall–Kier alpha value is -4.42. The molecule has 0 saturated carbocycles. The molecule has 5 rings (SSSR count). The number of aromatic nitrogens is 5. The summed E-state index contributed by atoms with van der Waals surface area (Å²) in [5.74, 6) is 0. The van der Waals surface area contributed by atoms with Crippen molar-refractivity contribution in [1.29, 1.82) is 0 Å². The van der Waals surface area contributed by atoms with Crippen molar-refractivity contribution in [3.05, 3.63) is 93.0 Å². The fourth-order valence-corrected chi connectivity index (χ4v) is 3.90. The molecule has 0 atom stereocenters. The second-order valence-electron chi connectivity index (χ2n) is 7.82. The predicted octanol–water partition coefficient (Wildman–Crippen LogP) is 2.62. The molecular formula is C24H16F3N5O4. The van der Waals surface area contributed by atoms with E-state index in [1.165, 1.54) is 18.5 Å². The zero-order valence-corrected chi connectivity index (χ0v) is 18.3. The molecular weight excluding hydrogens is 479 g/mol. The van der Waals surface area contributed by atoms with Crippen molar-refractivity contribution in [2.45, 2.75) is 19.5 Å². The van der Waals surface area contributed by atoms with Gasteiger partial charge in [-0.25, -0.2) is 14.3 Å². The Balaban J connectivity index is 1.90. The first-order chi connectivity index (χ1) is 17.2. The van der Waals surface area contributed by atoms with Crippen molar-refractivity contribution in [2.24, 2.45) is 0 Å². The van der Waals surface area contributed by atoms with E-state index < -0.39 is 29.7 Å². The van der Waals surface area contributed by atoms with Gasteiger partial charge in [-0.15, -0.1) is 0 Å². The molecule has 0 bridgehead atoms. The molecule has 5 aromatic rings. The van der Waals surface area contributed by atoms with E-state index in [0.717, 1.165) is 22.8 Å². The second kappa shape index (κ2) is 8.66. The van der Waals surface area contributed by atoms with Crippen LogP contribution in [0.15, 0.2) is 70.5 Å². The Morgan fingerprint density at radius 1 is 0.944 bits per heavy atom. The van der Waals surface area contributed by atoms with Crippen molar-refractivity contribution in [3.8, 4) is 16.9 Å². The van der Waals surface area contributed by atoms with Gasteiger partial charge in [-0.1, -0.05) is 6.07 Å². The third kappa shape index (κ3) is 3.82. The van der Waals surface area contributed by atoms with Crippen LogP contribution in [0.2, 0.25) is 0 Å². The smallest absolute Gasteiger partial charge is 0.390 e. The SMILES string of the molecule is O=c1c2cnc3ccc(-c4ccc(CO)nc4)nc3c2n(-c2cccc(C(F)(F)F)c2)c(=O)n1CO. The number of aliphatic hydroxyl groups excluding tert-OH is 2. The number of alkyl halides is 3. The summed E-state index contributed by atoms with van der Waals surface area (Å²) >= 11 is 0. The Labute approximate surface area is 199 Å². The maximum Gasteiger partial charge on any atom is 0.416 e. The first-order valence-corrected chi connectivity index (χ1v) is 10.5. The summed E-state index contributed by atoms with van der Waals surface area (Å²) in [6.45, 7) is -1.23. The fourth-order valence-electron chi connectivity index (χ4n) is 3.90. The van der Waals surface area contributed by atoms with E-state index in [0.29, 0.717) is 21.5 Å². The molecule has 0 aliphatic carbocycles. The molecule has 2 N–H and O–H groups in total. The highest BCUT2D eigenvalue weighted by Crippen LogP contribution is 2.31. The van der Waals surface area contributed by atoms with Crippen molar-refractivity contribution < 1.29 is 23.4 Å². The van der Waals surface area contributed by atoms with Crippen LogP contribution in [0.25, 0.3) is 38.9 Å². The zero-order chi connectivity index (χ0) is 25.6. The highest BCUT2D eigenvalue weighted by molar-refractivity contribution is 6.01. The third-order valence-electron chi connectivity index (χ3n) is 5.66. The first-order valence-electron chi connectivity index (χ1n) is 10.5. The zero-order valence-electron chi connectivity index (χ0n) is 18.3. The molecule has 182 valence electrons. The van der Waals surface area contributed by atoms with Gasteiger partial charge in [0.05, 0.1) is 45.7 Å². The quantitative estimate of drug-likeness (QED) is 0.368. The molecule has 0 spiro atoms. The number of hydrogen-bond donors (Lipinski definition) is 2. The maximum absolute atomic E-state index is 13.4. The summed E-state index contributed by atoms with van der Waals surface area (Å²) in [5, 5.41) is 18.8. The van der Waals surface area contributed by atoms with Gasteiger partial charge in [0, 0.05) is 18.0 Å². The van der Waals surface area contributed by atoms with Crippen molar-refractivity contribution >= 4 is 21.9 Å². The third-order valence-corrected chi connectivity index (χ3v) is 5.66. The fraction of sp³-hybridized carbons (Fsp3) is 0.125. The summed E-state index contributed by atoms with van der Waals surface area (Å²) in [6.07, 6.45) is -2.00. The average molecular weight is 495 g/mol. The highest BCUT2D eigenvalue weighted by atomic mass is 19.4. The van der Waals surface area contributed by atoms with Gasteiger partial charge in [-0.05, 0) is 42.5 Å². The van der Waals surface area contributed by atoms with Crippen LogP contribution in [0.4, 0.5) is 13.2 Å². The van der Waals surface area contributed by atoms with Gasteiger partial charge in [-0.2, -0.15) is 13.2 Å². The lowest BCUT2D eigenvalue weighted by atomic mass is 10.1. The van der Waals surface area contributed by atoms with Gasteiger partial charge in [0.1, 0.15) is 12.2 Å². The lowest BCUT2D eigenvalue weighted by Gasteiger charge is -2.16. The van der Waals surface area contributed by atoms with E-state index in [1.807, 2.05) is 0 Å². The number of nitrogens with zero attached hydrogens (tertiary/aromatic N) is 5. The molecule has 1 aromatic carbocycles. The van der Waals surface area contributed by atoms with Crippen LogP contribution in [0.1, 0.15) is 11.3 Å². The number of fused-ring (bicyclic) bond motifs is 3. The summed E-state index contributed by atoms with van der Waals surface area (Å²) < 4.78 is 41.7. The van der Waals surface area contributed by atoms with Gasteiger partial charge in [0.25, 0.3) is 5.56 Å². The number of hydrogen-bond acceptors (Lipinski definition) is 7. The van der Waals surface area contributed by atoms with Crippen LogP contribution < -0.4 is 11.2 Å². The largest absolute Gasteiger partial charge is 0.416 e. The van der Waals surface area contributed by atoms with Crippen LogP contribution in [0.5, 0.6) is 0 Å². The van der Waals surface area contributed by atoms with Crippen LogP contribution in [0.3, 0.4) is 0 Å². The number of benzene rings is 1. The molecule has 0 aliphatic rings. The van der Waals surface area contributed by atoms with Crippen molar-refractivity contribution in [1.82, 2.24) is 24.1 Å². The van der Waals surface area contributed by atoms with Gasteiger partial charge >= 0.3 is 11.9 Å². The van der Waals surface area contributed by atoms with Gasteiger partial charge in [0.2, 0.25) is 0 Å². The number of halogens is 3. The summed E-state index contributed by atoms with van der Waals surface area (Å²) in [5.41, 5.74) is -1.36. The molecule has 36 heavy (non-hydrogen) atoms. The normalized spacial score (nSPS) is 11.9. The molecule has 0 saturated heterocycles.